The second kappa shape index (κ2) is 9.63. The summed E-state index contributed by atoms with van der Waals surface area (Å²) in [5.41, 5.74) is -1.02. The molecule has 0 bridgehead atoms. The number of benzene rings is 2. The molecule has 0 spiro atoms. The van der Waals surface area contributed by atoms with E-state index in [0.29, 0.717) is 12.8 Å². The second-order valence-corrected chi connectivity index (χ2v) is 7.70. The average Bonchev–Trinajstić information content (AvgIpc) is 3.15. The third kappa shape index (κ3) is 4.44. The molecule has 0 unspecified atom stereocenters. The molecule has 10 nitrogen and oxygen atoms in total. The summed E-state index contributed by atoms with van der Waals surface area (Å²) in [4.78, 5) is 43.5. The van der Waals surface area contributed by atoms with Gasteiger partial charge in [-0.3, -0.25) is 19.1 Å². The molecule has 174 valence electrons. The number of anilines is 1. The Morgan fingerprint density at radius 2 is 1.97 bits per heavy atom. The number of halogens is 1. The largest absolute Gasteiger partial charge is 0.394 e. The Balaban J connectivity index is 1.60. The maximum absolute atomic E-state index is 13.1. The number of nitrogens with zero attached hydrogens (tertiary/aromatic N) is 2. The van der Waals surface area contributed by atoms with Crippen LogP contribution in [0.1, 0.15) is 11.8 Å². The van der Waals surface area contributed by atoms with Gasteiger partial charge in [0.15, 0.2) is 12.3 Å². The van der Waals surface area contributed by atoms with Gasteiger partial charge in [0.1, 0.15) is 17.9 Å². The Hall–Kier alpha value is -3.38. The van der Waals surface area contributed by atoms with Crippen molar-refractivity contribution in [1.82, 2.24) is 9.55 Å². The molecule has 1 aliphatic rings. The zero-order chi connectivity index (χ0) is 23.5. The summed E-state index contributed by atoms with van der Waals surface area (Å²) in [5, 5.41) is 21.4. The van der Waals surface area contributed by atoms with Crippen molar-refractivity contribution in [2.75, 3.05) is 18.1 Å². The highest BCUT2D eigenvalue weighted by molar-refractivity contribution is 5.83. The number of aromatic amines is 1. The topological polar surface area (TPSA) is 134 Å². The maximum Gasteiger partial charge on any atom is 0.330 e. The van der Waals surface area contributed by atoms with Crippen LogP contribution in [0, 0.1) is 0 Å². The van der Waals surface area contributed by atoms with Crippen LogP contribution in [0.15, 0.2) is 58.3 Å². The van der Waals surface area contributed by atoms with Crippen molar-refractivity contribution < 1.29 is 29.2 Å². The third-order valence-electron chi connectivity index (χ3n) is 5.71. The van der Waals surface area contributed by atoms with Gasteiger partial charge < -0.3 is 19.8 Å². The number of rotatable bonds is 8. The van der Waals surface area contributed by atoms with Gasteiger partial charge in [0.2, 0.25) is 6.41 Å². The number of carbonyl (C=O) groups is 1. The molecule has 4 atom stereocenters. The van der Waals surface area contributed by atoms with Gasteiger partial charge in [0, 0.05) is 12.7 Å². The van der Waals surface area contributed by atoms with Crippen LogP contribution in [0.4, 0.5) is 10.2 Å². The molecule has 2 heterocycles. The number of aliphatic hydroxyl groups excluding tert-OH is 2. The first-order valence-electron chi connectivity index (χ1n) is 10.2. The van der Waals surface area contributed by atoms with Crippen LogP contribution in [0.25, 0.3) is 10.8 Å². The summed E-state index contributed by atoms with van der Waals surface area (Å²) >= 11 is 0. The van der Waals surface area contributed by atoms with Gasteiger partial charge in [0.05, 0.1) is 6.61 Å². The quantitative estimate of drug-likeness (QED) is 0.416. The van der Waals surface area contributed by atoms with Gasteiger partial charge in [-0.2, -0.15) is 4.94 Å². The van der Waals surface area contributed by atoms with Gasteiger partial charge in [-0.15, -0.1) is 0 Å². The number of nitrogens with one attached hydrogen (secondary N) is 1. The average molecular weight is 459 g/mol. The Morgan fingerprint density at radius 1 is 1.21 bits per heavy atom. The Morgan fingerprint density at radius 3 is 2.67 bits per heavy atom. The van der Waals surface area contributed by atoms with Crippen molar-refractivity contribution in [3.8, 4) is 0 Å². The highest BCUT2D eigenvalue weighted by Crippen LogP contribution is 2.31. The molecule has 3 N–H and O–H groups in total. The summed E-state index contributed by atoms with van der Waals surface area (Å²) in [6, 6.07) is 13.7. The van der Waals surface area contributed by atoms with Crippen molar-refractivity contribution in [2.45, 2.75) is 31.0 Å². The van der Waals surface area contributed by atoms with E-state index in [9.17, 15) is 29.1 Å². The van der Waals surface area contributed by atoms with E-state index in [1.165, 1.54) is 0 Å². The molecule has 0 saturated carbocycles. The lowest BCUT2D eigenvalue weighted by Crippen LogP contribution is -2.41. The fourth-order valence-corrected chi connectivity index (χ4v) is 3.93. The minimum absolute atomic E-state index is 0.125. The number of fused-ring (bicyclic) bond motifs is 1. The van der Waals surface area contributed by atoms with Gasteiger partial charge in [-0.05, 0) is 27.3 Å². The molecule has 4 rings (SSSR count). The van der Waals surface area contributed by atoms with Crippen molar-refractivity contribution in [2.24, 2.45) is 0 Å². The summed E-state index contributed by atoms with van der Waals surface area (Å²) < 4.78 is 19.2. The lowest BCUT2D eigenvalue weighted by molar-refractivity contribution is -0.221. The number of ether oxygens (including phenoxy) is 1. The number of hydrogen-bond acceptors (Lipinski definition) is 7. The molecule has 1 aliphatic heterocycles. The zero-order valence-corrected chi connectivity index (χ0v) is 17.3. The minimum Gasteiger partial charge on any atom is -0.394 e. The second-order valence-electron chi connectivity index (χ2n) is 7.70. The highest BCUT2D eigenvalue weighted by Gasteiger charge is 2.47. The standard InChI is InChI=1S/C22H22FN3O7/c23-33-19-18(29)17(11-27)32-21(19)26-10-16(20(30)24-22(26)31)25(12-28)8-7-13-5-6-14-3-1-2-4-15(14)9-13/h1-6,9-10,12,17-19,21,27,29H,7-8,11H2,(H,24,30,31)/t17-,18+,19-,21-/m1/s1. The first-order chi connectivity index (χ1) is 16.0. The molecule has 33 heavy (non-hydrogen) atoms. The molecular formula is C22H22FN3O7. The minimum atomic E-state index is -1.62. The summed E-state index contributed by atoms with van der Waals surface area (Å²) in [5.74, 6) is 0. The highest BCUT2D eigenvalue weighted by atomic mass is 19.3. The van der Waals surface area contributed by atoms with E-state index < -0.39 is 42.4 Å². The van der Waals surface area contributed by atoms with E-state index >= 15 is 0 Å². The lowest BCUT2D eigenvalue weighted by atomic mass is 10.1. The molecule has 0 radical (unpaired) electrons. The van der Waals surface area contributed by atoms with Crippen LogP contribution < -0.4 is 16.1 Å². The van der Waals surface area contributed by atoms with Crippen LogP contribution in [-0.2, 0) is 20.9 Å². The Labute approximate surface area is 186 Å². The van der Waals surface area contributed by atoms with Crippen LogP contribution >= 0.6 is 0 Å². The van der Waals surface area contributed by atoms with E-state index in [-0.39, 0.29) is 12.2 Å². The number of H-pyrrole nitrogens is 1. The number of amides is 1. The third-order valence-corrected chi connectivity index (χ3v) is 5.71. The van der Waals surface area contributed by atoms with E-state index in [0.717, 1.165) is 32.0 Å². The van der Waals surface area contributed by atoms with Crippen molar-refractivity contribution in [1.29, 1.82) is 0 Å². The van der Waals surface area contributed by atoms with Crippen molar-refractivity contribution in [3.05, 3.63) is 75.1 Å². The fraction of sp³-hybridized carbons (Fsp3) is 0.318. The molecule has 11 heteroatoms. The Kier molecular flexibility index (Phi) is 6.65. The van der Waals surface area contributed by atoms with Crippen LogP contribution in [0.5, 0.6) is 0 Å². The summed E-state index contributed by atoms with van der Waals surface area (Å²) in [6.07, 6.45) is -3.94. The predicted molar refractivity (Wildman–Crippen MR) is 115 cm³/mol. The number of aliphatic hydroxyl groups is 2. The van der Waals surface area contributed by atoms with Crippen molar-refractivity contribution >= 4 is 22.9 Å². The number of hydrogen-bond donors (Lipinski definition) is 3. The molecule has 1 saturated heterocycles. The molecule has 1 fully saturated rings. The van der Waals surface area contributed by atoms with Gasteiger partial charge in [-0.25, -0.2) is 4.79 Å². The molecule has 1 aromatic heterocycles. The fourth-order valence-electron chi connectivity index (χ4n) is 3.93. The van der Waals surface area contributed by atoms with Gasteiger partial charge >= 0.3 is 5.69 Å². The van der Waals surface area contributed by atoms with E-state index in [1.54, 1.807) is 0 Å². The predicted octanol–water partition coefficient (Wildman–Crippen LogP) is 0.416. The Bertz CT molecular complexity index is 1260. The maximum atomic E-state index is 13.1. The van der Waals surface area contributed by atoms with E-state index in [2.05, 4.69) is 9.93 Å². The van der Waals surface area contributed by atoms with Gasteiger partial charge in [-0.1, -0.05) is 42.5 Å². The monoisotopic (exact) mass is 459 g/mol. The van der Waals surface area contributed by atoms with Crippen molar-refractivity contribution in [3.63, 3.8) is 0 Å². The zero-order valence-electron chi connectivity index (χ0n) is 17.3. The van der Waals surface area contributed by atoms with Gasteiger partial charge in [0.25, 0.3) is 5.56 Å². The lowest BCUT2D eigenvalue weighted by Gasteiger charge is -2.21. The normalized spacial score (nSPS) is 22.5. The first-order valence-corrected chi connectivity index (χ1v) is 10.2. The smallest absolute Gasteiger partial charge is 0.330 e. The summed E-state index contributed by atoms with van der Waals surface area (Å²) in [7, 11) is 0. The SMILES string of the molecule is O=CN(CCc1ccc2ccccc2c1)c1cn([C@@H]2O[C@H](CO)[C@H](O)[C@H]2OF)c(=O)[nH]c1=O. The molecule has 3 aromatic rings. The van der Waals surface area contributed by atoms with E-state index in [4.69, 9.17) is 4.74 Å². The molecule has 2 aromatic carbocycles. The number of aromatic nitrogens is 2. The number of carbonyl (C=O) groups excluding carboxylic acids is 1. The first kappa shape index (κ1) is 22.8. The summed E-state index contributed by atoms with van der Waals surface area (Å²) in [6.45, 7) is -0.520. The van der Waals surface area contributed by atoms with Crippen LogP contribution in [-0.4, -0.2) is 57.6 Å². The molecule has 0 aliphatic carbocycles. The van der Waals surface area contributed by atoms with Crippen LogP contribution in [0.2, 0.25) is 0 Å². The molecular weight excluding hydrogens is 437 g/mol. The van der Waals surface area contributed by atoms with E-state index in [1.807, 2.05) is 42.5 Å². The molecule has 1 amide bonds. The van der Waals surface area contributed by atoms with Crippen LogP contribution in [0.3, 0.4) is 0 Å².